The lowest BCUT2D eigenvalue weighted by Gasteiger charge is -2.09. The molecule has 0 aliphatic heterocycles. The third kappa shape index (κ3) is 2.82. The Morgan fingerprint density at radius 1 is 1.36 bits per heavy atom. The van der Waals surface area contributed by atoms with Gasteiger partial charge >= 0.3 is 0 Å². The molecule has 0 heterocycles. The van der Waals surface area contributed by atoms with E-state index in [2.05, 4.69) is 19.3 Å². The molecule has 0 aromatic carbocycles. The predicted molar refractivity (Wildman–Crippen MR) is 49.7 cm³/mol. The Morgan fingerprint density at radius 3 is 2.73 bits per heavy atom. The summed E-state index contributed by atoms with van der Waals surface area (Å²) in [5.41, 5.74) is 0. The number of hydrogen-bond acceptors (Lipinski definition) is 1. The van der Waals surface area contributed by atoms with Crippen LogP contribution in [-0.4, -0.2) is 13.1 Å². The van der Waals surface area contributed by atoms with Gasteiger partial charge in [0, 0.05) is 6.04 Å². The minimum Gasteiger partial charge on any atom is -0.317 e. The van der Waals surface area contributed by atoms with Crippen LogP contribution >= 0.6 is 0 Å². The molecule has 2 atom stereocenters. The van der Waals surface area contributed by atoms with Crippen molar-refractivity contribution in [1.29, 1.82) is 0 Å². The zero-order valence-corrected chi connectivity index (χ0v) is 7.90. The van der Waals surface area contributed by atoms with Crippen LogP contribution in [0.1, 0.15) is 45.4 Å². The van der Waals surface area contributed by atoms with E-state index >= 15 is 0 Å². The molecule has 1 rings (SSSR count). The monoisotopic (exact) mass is 155 g/mol. The van der Waals surface area contributed by atoms with Gasteiger partial charge in [-0.25, -0.2) is 0 Å². The highest BCUT2D eigenvalue weighted by atomic mass is 14.9. The highest BCUT2D eigenvalue weighted by molar-refractivity contribution is 4.79. The molecule has 0 amide bonds. The third-order valence-electron chi connectivity index (χ3n) is 2.92. The van der Waals surface area contributed by atoms with Crippen molar-refractivity contribution < 1.29 is 0 Å². The largest absolute Gasteiger partial charge is 0.317 e. The smallest absolute Gasteiger partial charge is 0.00668 e. The summed E-state index contributed by atoms with van der Waals surface area (Å²) >= 11 is 0. The summed E-state index contributed by atoms with van der Waals surface area (Å²) in [5, 5.41) is 3.37. The van der Waals surface area contributed by atoms with Crippen molar-refractivity contribution in [2.45, 2.75) is 51.5 Å². The summed E-state index contributed by atoms with van der Waals surface area (Å²) in [7, 11) is 2.09. The third-order valence-corrected chi connectivity index (χ3v) is 2.92. The quantitative estimate of drug-likeness (QED) is 0.658. The maximum Gasteiger partial charge on any atom is 0.00668 e. The SMILES string of the molecule is CCCCC1CCC(NC)C1. The van der Waals surface area contributed by atoms with Gasteiger partial charge in [0.15, 0.2) is 0 Å². The lowest BCUT2D eigenvalue weighted by Crippen LogP contribution is -2.21. The van der Waals surface area contributed by atoms with Crippen LogP contribution in [0, 0.1) is 5.92 Å². The second-order valence-corrected chi connectivity index (χ2v) is 3.81. The predicted octanol–water partition coefficient (Wildman–Crippen LogP) is 2.56. The van der Waals surface area contributed by atoms with Crippen LogP contribution in [-0.2, 0) is 0 Å². The zero-order chi connectivity index (χ0) is 8.10. The zero-order valence-electron chi connectivity index (χ0n) is 7.90. The highest BCUT2D eigenvalue weighted by Gasteiger charge is 2.22. The van der Waals surface area contributed by atoms with Gasteiger partial charge in [0.05, 0.1) is 0 Å². The highest BCUT2D eigenvalue weighted by Crippen LogP contribution is 2.29. The van der Waals surface area contributed by atoms with Crippen molar-refractivity contribution in [2.75, 3.05) is 7.05 Å². The van der Waals surface area contributed by atoms with Crippen molar-refractivity contribution >= 4 is 0 Å². The molecule has 1 N–H and O–H groups in total. The van der Waals surface area contributed by atoms with E-state index in [1.54, 1.807) is 0 Å². The molecule has 11 heavy (non-hydrogen) atoms. The van der Waals surface area contributed by atoms with Crippen LogP contribution in [0.3, 0.4) is 0 Å². The minimum atomic E-state index is 0.830. The molecular formula is C10H21N. The molecule has 0 radical (unpaired) electrons. The fraction of sp³-hybridized carbons (Fsp3) is 1.00. The van der Waals surface area contributed by atoms with Gasteiger partial charge in [-0.15, -0.1) is 0 Å². The lowest BCUT2D eigenvalue weighted by atomic mass is 10.0. The molecular weight excluding hydrogens is 134 g/mol. The fourth-order valence-electron chi connectivity index (χ4n) is 2.09. The molecule has 1 nitrogen and oxygen atoms in total. The van der Waals surface area contributed by atoms with E-state index in [1.165, 1.54) is 38.5 Å². The first-order chi connectivity index (χ1) is 5.36. The Bertz CT molecular complexity index is 101. The first kappa shape index (κ1) is 9.05. The van der Waals surface area contributed by atoms with E-state index < -0.39 is 0 Å². The first-order valence-electron chi connectivity index (χ1n) is 5.04. The molecule has 66 valence electrons. The summed E-state index contributed by atoms with van der Waals surface area (Å²) in [5.74, 6) is 1.03. The van der Waals surface area contributed by atoms with E-state index in [0.717, 1.165) is 12.0 Å². The van der Waals surface area contributed by atoms with Gasteiger partial charge in [0.1, 0.15) is 0 Å². The first-order valence-corrected chi connectivity index (χ1v) is 5.04. The average Bonchev–Trinajstić information content (AvgIpc) is 2.48. The Balaban J connectivity index is 2.09. The normalized spacial score (nSPS) is 31.1. The van der Waals surface area contributed by atoms with Crippen molar-refractivity contribution in [3.05, 3.63) is 0 Å². The molecule has 0 bridgehead atoms. The molecule has 1 aliphatic rings. The van der Waals surface area contributed by atoms with Crippen LogP contribution in [0.4, 0.5) is 0 Å². The summed E-state index contributed by atoms with van der Waals surface area (Å²) < 4.78 is 0. The van der Waals surface area contributed by atoms with Gasteiger partial charge in [-0.3, -0.25) is 0 Å². The fourth-order valence-corrected chi connectivity index (χ4v) is 2.09. The van der Waals surface area contributed by atoms with Crippen LogP contribution < -0.4 is 5.32 Å². The van der Waals surface area contributed by atoms with Crippen LogP contribution in [0.15, 0.2) is 0 Å². The Kier molecular flexibility index (Phi) is 3.92. The molecule has 0 saturated heterocycles. The molecule has 1 fully saturated rings. The molecule has 2 unspecified atom stereocenters. The molecule has 0 aromatic heterocycles. The van der Waals surface area contributed by atoms with E-state index in [1.807, 2.05) is 0 Å². The maximum absolute atomic E-state index is 3.37. The van der Waals surface area contributed by atoms with E-state index in [0.29, 0.717) is 0 Å². The van der Waals surface area contributed by atoms with Crippen LogP contribution in [0.5, 0.6) is 0 Å². The van der Waals surface area contributed by atoms with E-state index in [9.17, 15) is 0 Å². The van der Waals surface area contributed by atoms with Gasteiger partial charge in [-0.2, -0.15) is 0 Å². The van der Waals surface area contributed by atoms with Gasteiger partial charge in [0.2, 0.25) is 0 Å². The number of rotatable bonds is 4. The summed E-state index contributed by atoms with van der Waals surface area (Å²) in [6.45, 7) is 2.28. The molecule has 1 aliphatic carbocycles. The number of nitrogens with one attached hydrogen (secondary N) is 1. The van der Waals surface area contributed by atoms with E-state index in [-0.39, 0.29) is 0 Å². The van der Waals surface area contributed by atoms with Gasteiger partial charge in [-0.05, 0) is 32.2 Å². The van der Waals surface area contributed by atoms with Gasteiger partial charge in [0.25, 0.3) is 0 Å². The Morgan fingerprint density at radius 2 is 2.18 bits per heavy atom. The number of unbranched alkanes of at least 4 members (excludes halogenated alkanes) is 1. The Hall–Kier alpha value is -0.0400. The molecule has 1 heteroatoms. The van der Waals surface area contributed by atoms with E-state index in [4.69, 9.17) is 0 Å². The van der Waals surface area contributed by atoms with Crippen molar-refractivity contribution in [3.8, 4) is 0 Å². The van der Waals surface area contributed by atoms with Crippen LogP contribution in [0.2, 0.25) is 0 Å². The minimum absolute atomic E-state index is 0.830. The number of hydrogen-bond donors (Lipinski definition) is 1. The van der Waals surface area contributed by atoms with Crippen molar-refractivity contribution in [3.63, 3.8) is 0 Å². The summed E-state index contributed by atoms with van der Waals surface area (Å²) in [6, 6.07) is 0.830. The standard InChI is InChI=1S/C10H21N/c1-3-4-5-9-6-7-10(8-9)11-2/h9-11H,3-8H2,1-2H3. The van der Waals surface area contributed by atoms with Gasteiger partial charge in [-0.1, -0.05) is 26.2 Å². The Labute approximate surface area is 70.6 Å². The molecule has 0 spiro atoms. The topological polar surface area (TPSA) is 12.0 Å². The second-order valence-electron chi connectivity index (χ2n) is 3.81. The van der Waals surface area contributed by atoms with Crippen LogP contribution in [0.25, 0.3) is 0 Å². The molecule has 0 aromatic rings. The van der Waals surface area contributed by atoms with Crippen molar-refractivity contribution in [1.82, 2.24) is 5.32 Å². The summed E-state index contributed by atoms with van der Waals surface area (Å²) in [6.07, 6.45) is 8.56. The van der Waals surface area contributed by atoms with Crippen molar-refractivity contribution in [2.24, 2.45) is 5.92 Å². The lowest BCUT2D eigenvalue weighted by molar-refractivity contribution is 0.461. The second kappa shape index (κ2) is 4.76. The average molecular weight is 155 g/mol. The summed E-state index contributed by atoms with van der Waals surface area (Å²) in [4.78, 5) is 0. The van der Waals surface area contributed by atoms with Gasteiger partial charge < -0.3 is 5.32 Å². The maximum atomic E-state index is 3.37. The molecule has 1 saturated carbocycles.